The Bertz CT molecular complexity index is 698. The average Bonchev–Trinajstić information content (AvgIpc) is 2.60. The first-order valence-corrected chi connectivity index (χ1v) is 7.42. The number of pyridine rings is 2. The molecule has 0 aliphatic heterocycles. The number of nitrogens with zero attached hydrogens (tertiary/aromatic N) is 4. The van der Waals surface area contributed by atoms with Crippen molar-refractivity contribution in [1.29, 1.82) is 0 Å². The van der Waals surface area contributed by atoms with Crippen LogP contribution in [0.4, 0.5) is 11.6 Å². The van der Waals surface area contributed by atoms with Gasteiger partial charge in [0, 0.05) is 12.4 Å². The first-order chi connectivity index (χ1) is 12.0. The molecule has 0 radical (unpaired) electrons. The Hall–Kier alpha value is -3.20. The standard InChI is InChI=1S/C16H18N4O5/c21-14(20(11-16(24)25)13-6-2-4-8-18-13)9-19(10-15(22)23)12-5-1-3-7-17-12/h1-8,14,21H,9-11H2,(H,22,23)(H,24,25). The van der Waals surface area contributed by atoms with E-state index < -0.39 is 31.3 Å². The summed E-state index contributed by atoms with van der Waals surface area (Å²) in [4.78, 5) is 32.9. The summed E-state index contributed by atoms with van der Waals surface area (Å²) in [6.07, 6.45) is 1.68. The predicted molar refractivity (Wildman–Crippen MR) is 89.3 cm³/mol. The van der Waals surface area contributed by atoms with Gasteiger partial charge in [0.25, 0.3) is 0 Å². The lowest BCUT2D eigenvalue weighted by molar-refractivity contribution is -0.137. The first kappa shape index (κ1) is 18.1. The molecule has 9 heteroatoms. The maximum atomic E-state index is 11.1. The lowest BCUT2D eigenvalue weighted by atomic mass is 10.3. The second kappa shape index (κ2) is 8.60. The molecule has 3 N–H and O–H groups in total. The molecular weight excluding hydrogens is 328 g/mol. The van der Waals surface area contributed by atoms with Gasteiger partial charge in [-0.05, 0) is 24.3 Å². The van der Waals surface area contributed by atoms with Gasteiger partial charge in [-0.25, -0.2) is 9.97 Å². The zero-order chi connectivity index (χ0) is 18.2. The van der Waals surface area contributed by atoms with Crippen LogP contribution in [0.1, 0.15) is 0 Å². The Morgan fingerprint density at radius 1 is 0.920 bits per heavy atom. The van der Waals surface area contributed by atoms with Crippen molar-refractivity contribution in [2.24, 2.45) is 0 Å². The number of carboxylic acids is 2. The molecule has 0 saturated carbocycles. The van der Waals surface area contributed by atoms with E-state index >= 15 is 0 Å². The lowest BCUT2D eigenvalue weighted by Crippen LogP contribution is -2.48. The maximum absolute atomic E-state index is 11.1. The van der Waals surface area contributed by atoms with Crippen molar-refractivity contribution in [2.45, 2.75) is 6.23 Å². The third-order valence-electron chi connectivity index (χ3n) is 3.29. The molecule has 1 atom stereocenters. The Morgan fingerprint density at radius 2 is 1.48 bits per heavy atom. The molecule has 0 aromatic carbocycles. The van der Waals surface area contributed by atoms with Gasteiger partial charge in [0.1, 0.15) is 31.0 Å². The predicted octanol–water partition coefficient (Wildman–Crippen LogP) is 0.277. The van der Waals surface area contributed by atoms with Crippen molar-refractivity contribution >= 4 is 23.6 Å². The Labute approximate surface area is 143 Å². The van der Waals surface area contributed by atoms with E-state index in [1.807, 2.05) is 0 Å². The monoisotopic (exact) mass is 346 g/mol. The van der Waals surface area contributed by atoms with E-state index in [0.717, 1.165) is 0 Å². The number of rotatable bonds is 9. The van der Waals surface area contributed by atoms with Gasteiger partial charge in [0.15, 0.2) is 0 Å². The van der Waals surface area contributed by atoms with Crippen LogP contribution in [0.25, 0.3) is 0 Å². The van der Waals surface area contributed by atoms with Gasteiger partial charge >= 0.3 is 11.9 Å². The summed E-state index contributed by atoms with van der Waals surface area (Å²) in [5.41, 5.74) is 0. The topological polar surface area (TPSA) is 127 Å². The zero-order valence-corrected chi connectivity index (χ0v) is 13.3. The SMILES string of the molecule is O=C(O)CN(CC(O)N(CC(=O)O)c1ccccn1)c1ccccn1. The summed E-state index contributed by atoms with van der Waals surface area (Å²) in [5.74, 6) is -1.61. The van der Waals surface area contributed by atoms with Gasteiger partial charge in [0.05, 0.1) is 6.54 Å². The third-order valence-corrected chi connectivity index (χ3v) is 3.29. The molecule has 0 spiro atoms. The minimum absolute atomic E-state index is 0.160. The molecule has 2 aromatic heterocycles. The smallest absolute Gasteiger partial charge is 0.323 e. The Kier molecular flexibility index (Phi) is 6.24. The Balaban J connectivity index is 2.22. The molecule has 2 heterocycles. The summed E-state index contributed by atoms with van der Waals surface area (Å²) in [5, 5.41) is 28.7. The van der Waals surface area contributed by atoms with E-state index in [0.29, 0.717) is 5.82 Å². The molecular formula is C16H18N4O5. The van der Waals surface area contributed by atoms with E-state index in [-0.39, 0.29) is 12.4 Å². The van der Waals surface area contributed by atoms with E-state index in [1.165, 1.54) is 22.2 Å². The lowest BCUT2D eigenvalue weighted by Gasteiger charge is -2.32. The second-order valence-corrected chi connectivity index (χ2v) is 5.15. The summed E-state index contributed by atoms with van der Waals surface area (Å²) in [7, 11) is 0. The average molecular weight is 346 g/mol. The van der Waals surface area contributed by atoms with Crippen LogP contribution in [0.3, 0.4) is 0 Å². The second-order valence-electron chi connectivity index (χ2n) is 5.15. The Morgan fingerprint density at radius 3 is 1.96 bits per heavy atom. The van der Waals surface area contributed by atoms with Gasteiger partial charge in [-0.15, -0.1) is 0 Å². The number of aliphatic hydroxyl groups excluding tert-OH is 1. The van der Waals surface area contributed by atoms with Crippen LogP contribution in [-0.4, -0.2) is 63.1 Å². The van der Waals surface area contributed by atoms with Crippen molar-refractivity contribution in [3.8, 4) is 0 Å². The number of hydrogen-bond donors (Lipinski definition) is 3. The fourth-order valence-corrected chi connectivity index (χ4v) is 2.25. The fourth-order valence-electron chi connectivity index (χ4n) is 2.25. The molecule has 2 aromatic rings. The van der Waals surface area contributed by atoms with Crippen LogP contribution in [0.2, 0.25) is 0 Å². The van der Waals surface area contributed by atoms with Crippen LogP contribution in [-0.2, 0) is 9.59 Å². The largest absolute Gasteiger partial charge is 0.480 e. The van der Waals surface area contributed by atoms with E-state index in [2.05, 4.69) is 9.97 Å². The van der Waals surface area contributed by atoms with E-state index in [9.17, 15) is 14.7 Å². The van der Waals surface area contributed by atoms with Gasteiger partial charge in [-0.2, -0.15) is 0 Å². The molecule has 9 nitrogen and oxygen atoms in total. The highest BCUT2D eigenvalue weighted by molar-refractivity contribution is 5.74. The van der Waals surface area contributed by atoms with Crippen molar-refractivity contribution in [2.75, 3.05) is 29.4 Å². The van der Waals surface area contributed by atoms with Crippen LogP contribution >= 0.6 is 0 Å². The number of carboxylic acid groups (broad SMARTS) is 2. The van der Waals surface area contributed by atoms with Gasteiger partial charge in [-0.3, -0.25) is 9.59 Å². The van der Waals surface area contributed by atoms with Crippen molar-refractivity contribution < 1.29 is 24.9 Å². The number of aliphatic carboxylic acids is 2. The molecule has 0 amide bonds. The normalized spacial score (nSPS) is 11.6. The number of anilines is 2. The number of aromatic nitrogens is 2. The summed E-state index contributed by atoms with van der Waals surface area (Å²) >= 11 is 0. The summed E-state index contributed by atoms with van der Waals surface area (Å²) in [6, 6.07) is 9.88. The van der Waals surface area contributed by atoms with Gasteiger partial charge in [0.2, 0.25) is 0 Å². The van der Waals surface area contributed by atoms with Gasteiger partial charge < -0.3 is 25.1 Å². The number of aliphatic hydroxyl groups is 1. The number of carbonyl (C=O) groups is 2. The van der Waals surface area contributed by atoms with Crippen molar-refractivity contribution in [3.63, 3.8) is 0 Å². The van der Waals surface area contributed by atoms with E-state index in [4.69, 9.17) is 10.2 Å². The molecule has 132 valence electrons. The molecule has 2 rings (SSSR count). The zero-order valence-electron chi connectivity index (χ0n) is 13.3. The molecule has 1 unspecified atom stereocenters. The third kappa shape index (κ3) is 5.43. The summed E-state index contributed by atoms with van der Waals surface area (Å²) < 4.78 is 0. The van der Waals surface area contributed by atoms with Crippen LogP contribution in [0, 0.1) is 0 Å². The van der Waals surface area contributed by atoms with Crippen LogP contribution in [0.15, 0.2) is 48.8 Å². The first-order valence-electron chi connectivity index (χ1n) is 7.42. The molecule has 0 bridgehead atoms. The van der Waals surface area contributed by atoms with E-state index in [1.54, 1.807) is 36.4 Å². The maximum Gasteiger partial charge on any atom is 0.323 e. The van der Waals surface area contributed by atoms with Crippen LogP contribution in [0.5, 0.6) is 0 Å². The molecule has 0 fully saturated rings. The van der Waals surface area contributed by atoms with Gasteiger partial charge in [-0.1, -0.05) is 12.1 Å². The number of hydrogen-bond acceptors (Lipinski definition) is 7. The fraction of sp³-hybridized carbons (Fsp3) is 0.250. The van der Waals surface area contributed by atoms with Crippen molar-refractivity contribution in [3.05, 3.63) is 48.8 Å². The highest BCUT2D eigenvalue weighted by Gasteiger charge is 2.24. The highest BCUT2D eigenvalue weighted by atomic mass is 16.4. The van der Waals surface area contributed by atoms with Crippen molar-refractivity contribution in [1.82, 2.24) is 9.97 Å². The minimum atomic E-state index is -1.30. The van der Waals surface area contributed by atoms with Crippen LogP contribution < -0.4 is 9.80 Å². The highest BCUT2D eigenvalue weighted by Crippen LogP contribution is 2.15. The molecule has 0 aliphatic rings. The molecule has 0 aliphatic carbocycles. The quantitative estimate of drug-likeness (QED) is 0.548. The minimum Gasteiger partial charge on any atom is -0.480 e. The summed E-state index contributed by atoms with van der Waals surface area (Å²) in [6.45, 7) is -1.04. The molecule has 0 saturated heterocycles. The molecule has 25 heavy (non-hydrogen) atoms.